The van der Waals surface area contributed by atoms with Gasteiger partial charge in [0.25, 0.3) is 5.91 Å². The van der Waals surface area contributed by atoms with E-state index in [2.05, 4.69) is 16.0 Å². The number of hydrogen-bond acceptors (Lipinski definition) is 4. The fraction of sp³-hybridized carbons (Fsp3) is 0.222. The first-order chi connectivity index (χ1) is 16.3. The number of amides is 3. The van der Waals surface area contributed by atoms with E-state index in [1.54, 1.807) is 31.3 Å². The molecule has 3 amide bonds. The van der Waals surface area contributed by atoms with Crippen LogP contribution in [-0.2, 0) is 16.1 Å². The summed E-state index contributed by atoms with van der Waals surface area (Å²) < 4.78 is 0. The van der Waals surface area contributed by atoms with Crippen molar-refractivity contribution < 1.29 is 14.4 Å². The topological polar surface area (TPSA) is 90.5 Å². The van der Waals surface area contributed by atoms with Crippen molar-refractivity contribution in [3.8, 4) is 0 Å². The van der Waals surface area contributed by atoms with Gasteiger partial charge in [-0.3, -0.25) is 14.4 Å². The maximum atomic E-state index is 12.7. The zero-order chi connectivity index (χ0) is 24.5. The van der Waals surface area contributed by atoms with Gasteiger partial charge in [0.1, 0.15) is 0 Å². The van der Waals surface area contributed by atoms with Crippen molar-refractivity contribution in [3.63, 3.8) is 0 Å². The van der Waals surface area contributed by atoms with E-state index in [1.165, 1.54) is 4.90 Å². The first-order valence-corrected chi connectivity index (χ1v) is 11.1. The number of benzene rings is 3. The Kier molecular flexibility index (Phi) is 8.40. The lowest BCUT2D eigenvalue weighted by Crippen LogP contribution is -2.38. The van der Waals surface area contributed by atoms with Crippen LogP contribution in [0.1, 0.15) is 27.0 Å². The Morgan fingerprint density at radius 3 is 2.12 bits per heavy atom. The van der Waals surface area contributed by atoms with Crippen LogP contribution in [0, 0.1) is 13.8 Å². The summed E-state index contributed by atoms with van der Waals surface area (Å²) >= 11 is 0. The number of para-hydroxylation sites is 1. The summed E-state index contributed by atoms with van der Waals surface area (Å²) in [6.07, 6.45) is 0. The van der Waals surface area contributed by atoms with E-state index in [0.29, 0.717) is 23.5 Å². The van der Waals surface area contributed by atoms with E-state index >= 15 is 0 Å². The maximum Gasteiger partial charge on any atom is 0.253 e. The molecule has 7 nitrogen and oxygen atoms in total. The number of carbonyl (C=O) groups excluding carboxylic acids is 3. The largest absolute Gasteiger partial charge is 0.376 e. The maximum absolute atomic E-state index is 12.7. The predicted octanol–water partition coefficient (Wildman–Crippen LogP) is 3.74. The number of aryl methyl sites for hydroxylation is 2. The van der Waals surface area contributed by atoms with Gasteiger partial charge in [-0.15, -0.1) is 0 Å². The molecule has 3 rings (SSSR count). The molecule has 0 atom stereocenters. The monoisotopic (exact) mass is 458 g/mol. The molecular formula is C27H30N4O3. The summed E-state index contributed by atoms with van der Waals surface area (Å²) in [7, 11) is 1.57. The molecule has 0 unspecified atom stereocenters. The van der Waals surface area contributed by atoms with Crippen LogP contribution in [0.15, 0.2) is 72.8 Å². The fourth-order valence-corrected chi connectivity index (χ4v) is 3.27. The highest BCUT2D eigenvalue weighted by Crippen LogP contribution is 2.15. The van der Waals surface area contributed by atoms with E-state index < -0.39 is 0 Å². The van der Waals surface area contributed by atoms with E-state index in [9.17, 15) is 14.4 Å². The van der Waals surface area contributed by atoms with Crippen molar-refractivity contribution >= 4 is 29.1 Å². The molecule has 0 bridgehead atoms. The molecule has 34 heavy (non-hydrogen) atoms. The highest BCUT2D eigenvalue weighted by molar-refractivity contribution is 6.00. The summed E-state index contributed by atoms with van der Waals surface area (Å²) in [4.78, 5) is 38.9. The number of carbonyl (C=O) groups is 3. The van der Waals surface area contributed by atoms with E-state index in [4.69, 9.17) is 0 Å². The van der Waals surface area contributed by atoms with Gasteiger partial charge in [-0.2, -0.15) is 0 Å². The van der Waals surface area contributed by atoms with Crippen LogP contribution in [0.25, 0.3) is 0 Å². The van der Waals surface area contributed by atoms with Crippen LogP contribution in [0.2, 0.25) is 0 Å². The van der Waals surface area contributed by atoms with Crippen molar-refractivity contribution in [1.82, 2.24) is 10.2 Å². The van der Waals surface area contributed by atoms with Crippen molar-refractivity contribution in [2.24, 2.45) is 0 Å². The van der Waals surface area contributed by atoms with Crippen LogP contribution in [0.3, 0.4) is 0 Å². The highest BCUT2D eigenvalue weighted by atomic mass is 16.2. The molecule has 176 valence electrons. The first kappa shape index (κ1) is 24.5. The molecule has 3 aromatic rings. The fourth-order valence-electron chi connectivity index (χ4n) is 3.27. The second-order valence-corrected chi connectivity index (χ2v) is 8.23. The zero-order valence-electron chi connectivity index (χ0n) is 19.7. The van der Waals surface area contributed by atoms with Gasteiger partial charge in [-0.25, -0.2) is 0 Å². The molecular weight excluding hydrogens is 428 g/mol. The smallest absolute Gasteiger partial charge is 0.253 e. The van der Waals surface area contributed by atoms with Crippen molar-refractivity contribution in [1.29, 1.82) is 0 Å². The Bertz CT molecular complexity index is 1140. The first-order valence-electron chi connectivity index (χ1n) is 11.1. The minimum atomic E-state index is -0.282. The van der Waals surface area contributed by atoms with Gasteiger partial charge in [0.05, 0.1) is 18.7 Å². The van der Waals surface area contributed by atoms with Gasteiger partial charge in [-0.05, 0) is 43.7 Å². The Morgan fingerprint density at radius 1 is 0.824 bits per heavy atom. The molecule has 0 saturated heterocycles. The Labute approximate surface area is 200 Å². The third-order valence-corrected chi connectivity index (χ3v) is 5.32. The lowest BCUT2D eigenvalue weighted by atomic mass is 10.1. The number of nitrogens with zero attached hydrogens (tertiary/aromatic N) is 1. The third-order valence-electron chi connectivity index (χ3n) is 5.32. The molecule has 3 N–H and O–H groups in total. The highest BCUT2D eigenvalue weighted by Gasteiger charge is 2.15. The van der Waals surface area contributed by atoms with E-state index in [-0.39, 0.29) is 30.8 Å². The number of likely N-dealkylation sites (N-methyl/N-ethyl adjacent to an activating group) is 1. The van der Waals surface area contributed by atoms with Gasteiger partial charge in [0.15, 0.2) is 0 Å². The van der Waals surface area contributed by atoms with Crippen LogP contribution in [0.4, 0.5) is 11.4 Å². The molecule has 0 aliphatic carbocycles. The molecule has 0 heterocycles. The number of hydrogen-bond donors (Lipinski definition) is 3. The zero-order valence-corrected chi connectivity index (χ0v) is 19.7. The summed E-state index contributed by atoms with van der Waals surface area (Å²) in [5.74, 6) is -0.786. The lowest BCUT2D eigenvalue weighted by molar-refractivity contribution is -0.131. The molecule has 0 fully saturated rings. The SMILES string of the molecule is Cc1ccc(CNC(=O)c2ccccc2NCC(=O)N(C)CC(=O)Nc2ccc(C)cc2)cc1. The van der Waals surface area contributed by atoms with E-state index in [0.717, 1.165) is 16.7 Å². The predicted molar refractivity (Wildman–Crippen MR) is 135 cm³/mol. The van der Waals surface area contributed by atoms with Crippen LogP contribution >= 0.6 is 0 Å². The minimum Gasteiger partial charge on any atom is -0.376 e. The van der Waals surface area contributed by atoms with Crippen molar-refractivity contribution in [3.05, 3.63) is 95.1 Å². The summed E-state index contributed by atoms with van der Waals surface area (Å²) in [5.41, 5.74) is 4.94. The standard InChI is InChI=1S/C27H30N4O3/c1-19-8-12-21(13-9-19)16-29-27(34)23-6-4-5-7-24(23)28-17-26(33)31(3)18-25(32)30-22-14-10-20(2)11-15-22/h4-15,28H,16-18H2,1-3H3,(H,29,34)(H,30,32). The Balaban J connectivity index is 1.51. The number of nitrogens with one attached hydrogen (secondary N) is 3. The van der Waals surface area contributed by atoms with Crippen LogP contribution in [-0.4, -0.2) is 42.8 Å². The molecule has 0 aliphatic rings. The second-order valence-electron chi connectivity index (χ2n) is 8.23. The van der Waals surface area contributed by atoms with Crippen LogP contribution < -0.4 is 16.0 Å². The normalized spacial score (nSPS) is 10.3. The van der Waals surface area contributed by atoms with Crippen LogP contribution in [0.5, 0.6) is 0 Å². The molecule has 0 radical (unpaired) electrons. The van der Waals surface area contributed by atoms with E-state index in [1.807, 2.05) is 62.4 Å². The van der Waals surface area contributed by atoms with Gasteiger partial charge in [0.2, 0.25) is 11.8 Å². The van der Waals surface area contributed by atoms with Crippen molar-refractivity contribution in [2.45, 2.75) is 20.4 Å². The van der Waals surface area contributed by atoms with Gasteiger partial charge >= 0.3 is 0 Å². The summed E-state index contributed by atoms with van der Waals surface area (Å²) in [6, 6.07) is 22.4. The molecule has 0 aliphatic heterocycles. The number of rotatable bonds is 9. The van der Waals surface area contributed by atoms with Gasteiger partial charge < -0.3 is 20.9 Å². The quantitative estimate of drug-likeness (QED) is 0.456. The minimum absolute atomic E-state index is 0.0451. The van der Waals surface area contributed by atoms with Crippen molar-refractivity contribution in [2.75, 3.05) is 30.8 Å². The molecule has 0 aromatic heterocycles. The Morgan fingerprint density at radius 2 is 1.44 bits per heavy atom. The van der Waals surface area contributed by atoms with Gasteiger partial charge in [0, 0.05) is 25.0 Å². The molecule has 0 spiro atoms. The lowest BCUT2D eigenvalue weighted by Gasteiger charge is -2.18. The van der Waals surface area contributed by atoms with Gasteiger partial charge in [-0.1, -0.05) is 59.7 Å². The third kappa shape index (κ3) is 7.20. The second kappa shape index (κ2) is 11.7. The number of anilines is 2. The molecule has 3 aromatic carbocycles. The average Bonchev–Trinajstić information content (AvgIpc) is 2.83. The average molecular weight is 459 g/mol. The molecule has 0 saturated carbocycles. The molecule has 7 heteroatoms. The summed E-state index contributed by atoms with van der Waals surface area (Å²) in [6.45, 7) is 4.27. The summed E-state index contributed by atoms with van der Waals surface area (Å²) in [5, 5.41) is 8.71. The Hall–Kier alpha value is -4.13.